The van der Waals surface area contributed by atoms with E-state index < -0.39 is 11.6 Å². The highest BCUT2D eigenvalue weighted by Gasteiger charge is 2.49. The molecule has 4 rings (SSSR count). The predicted molar refractivity (Wildman–Crippen MR) is 101 cm³/mol. The molecule has 2 fully saturated rings. The van der Waals surface area contributed by atoms with Gasteiger partial charge in [0.15, 0.2) is 0 Å². The Labute approximate surface area is 159 Å². The summed E-state index contributed by atoms with van der Waals surface area (Å²) >= 11 is 0. The summed E-state index contributed by atoms with van der Waals surface area (Å²) < 4.78 is 6.30. The maximum absolute atomic E-state index is 13.0. The van der Waals surface area contributed by atoms with E-state index in [1.807, 2.05) is 34.6 Å². The van der Waals surface area contributed by atoms with Crippen molar-refractivity contribution in [3.8, 4) is 11.5 Å². The molecule has 0 saturated carbocycles. The molecule has 0 aliphatic carbocycles. The number of aromatic hydroxyl groups is 1. The van der Waals surface area contributed by atoms with Crippen molar-refractivity contribution >= 4 is 11.8 Å². The Balaban J connectivity index is 1.71. The third kappa shape index (κ3) is 2.52. The van der Waals surface area contributed by atoms with Crippen LogP contribution < -0.4 is 10.1 Å². The summed E-state index contributed by atoms with van der Waals surface area (Å²) in [7, 11) is 0. The van der Waals surface area contributed by atoms with Gasteiger partial charge < -0.3 is 20.1 Å². The van der Waals surface area contributed by atoms with E-state index in [4.69, 9.17) is 4.74 Å². The lowest BCUT2D eigenvalue weighted by Gasteiger charge is -2.37. The van der Waals surface area contributed by atoms with Crippen molar-refractivity contribution in [2.75, 3.05) is 6.54 Å². The fourth-order valence-electron chi connectivity index (χ4n) is 4.99. The first-order valence-corrected chi connectivity index (χ1v) is 9.76. The van der Waals surface area contributed by atoms with Gasteiger partial charge in [0.1, 0.15) is 29.2 Å². The Bertz CT molecular complexity index is 845. The molecule has 0 bridgehead atoms. The quantitative estimate of drug-likeness (QED) is 0.836. The molecule has 0 radical (unpaired) electrons. The molecule has 0 aromatic heterocycles. The van der Waals surface area contributed by atoms with Gasteiger partial charge in [-0.1, -0.05) is 0 Å². The van der Waals surface area contributed by atoms with Gasteiger partial charge in [-0.2, -0.15) is 0 Å². The number of hydrogen-bond donors (Lipinski definition) is 2. The number of fused-ring (bicyclic) bond motifs is 2. The number of amides is 2. The van der Waals surface area contributed by atoms with Gasteiger partial charge in [0.2, 0.25) is 11.8 Å². The second kappa shape index (κ2) is 5.88. The number of phenols is 1. The summed E-state index contributed by atoms with van der Waals surface area (Å²) in [6.07, 6.45) is 2.09. The van der Waals surface area contributed by atoms with Crippen LogP contribution in [0.2, 0.25) is 0 Å². The lowest BCUT2D eigenvalue weighted by molar-refractivity contribution is -0.147. The summed E-state index contributed by atoms with van der Waals surface area (Å²) in [6.45, 7) is 10.4. The first-order chi connectivity index (χ1) is 12.6. The Morgan fingerprint density at radius 3 is 2.59 bits per heavy atom. The largest absolute Gasteiger partial charge is 0.507 e. The van der Waals surface area contributed by atoms with Crippen molar-refractivity contribution in [1.29, 1.82) is 0 Å². The molecule has 3 aliphatic heterocycles. The van der Waals surface area contributed by atoms with E-state index >= 15 is 0 Å². The van der Waals surface area contributed by atoms with Crippen LogP contribution in [0.15, 0.2) is 0 Å². The Morgan fingerprint density at radius 1 is 1.19 bits per heavy atom. The second-order valence-electron chi connectivity index (χ2n) is 8.71. The number of benzene rings is 1. The lowest BCUT2D eigenvalue weighted by atomic mass is 9.78. The van der Waals surface area contributed by atoms with Crippen LogP contribution in [0.25, 0.3) is 0 Å². The minimum atomic E-state index is -0.547. The van der Waals surface area contributed by atoms with Gasteiger partial charge in [-0.3, -0.25) is 9.59 Å². The van der Waals surface area contributed by atoms with Crippen molar-refractivity contribution in [2.45, 2.75) is 77.5 Å². The fraction of sp³-hybridized carbons (Fsp3) is 0.619. The van der Waals surface area contributed by atoms with Crippen molar-refractivity contribution < 1.29 is 19.4 Å². The Hall–Kier alpha value is -2.24. The summed E-state index contributed by atoms with van der Waals surface area (Å²) in [5.74, 6) is 0.967. The van der Waals surface area contributed by atoms with Gasteiger partial charge in [-0.25, -0.2) is 0 Å². The van der Waals surface area contributed by atoms with E-state index in [9.17, 15) is 14.7 Å². The molecule has 3 aliphatic rings. The lowest BCUT2D eigenvalue weighted by Crippen LogP contribution is -2.61. The standard InChI is InChI=1S/C21H28N2O4/c1-10-11(2)18-16(12(3)17(10)24)13(21(4,5)27-18)9-14-20(26)23-8-6-7-15(23)19(25)22-14/h13-15,24H,6-9H2,1-5H3,(H,22,25)/t13?,14?,15-/m0/s1. The summed E-state index contributed by atoms with van der Waals surface area (Å²) in [4.78, 5) is 27.1. The van der Waals surface area contributed by atoms with E-state index in [0.717, 1.165) is 40.8 Å². The zero-order chi connectivity index (χ0) is 19.7. The molecule has 6 nitrogen and oxygen atoms in total. The number of hydrogen-bond acceptors (Lipinski definition) is 4. The molecule has 2 saturated heterocycles. The SMILES string of the molecule is Cc1c(C)c2c(c(C)c1O)C(CC1NC(=O)[C@@H]3CCCN3C1=O)C(C)(C)O2. The van der Waals surface area contributed by atoms with Crippen LogP contribution in [-0.4, -0.2) is 46.1 Å². The van der Waals surface area contributed by atoms with E-state index in [1.54, 1.807) is 4.90 Å². The van der Waals surface area contributed by atoms with Crippen molar-refractivity contribution in [3.05, 3.63) is 22.3 Å². The number of ether oxygens (including phenoxy) is 1. The van der Waals surface area contributed by atoms with E-state index in [1.165, 1.54) is 0 Å². The van der Waals surface area contributed by atoms with Gasteiger partial charge >= 0.3 is 0 Å². The summed E-state index contributed by atoms with van der Waals surface area (Å²) in [5.41, 5.74) is 3.00. The molecular weight excluding hydrogens is 344 g/mol. The predicted octanol–water partition coefficient (Wildman–Crippen LogP) is 2.45. The monoisotopic (exact) mass is 372 g/mol. The first kappa shape index (κ1) is 18.1. The number of carbonyl (C=O) groups excluding carboxylic acids is 2. The van der Waals surface area contributed by atoms with E-state index in [-0.39, 0.29) is 29.5 Å². The van der Waals surface area contributed by atoms with Crippen LogP contribution in [0, 0.1) is 20.8 Å². The maximum Gasteiger partial charge on any atom is 0.245 e. The van der Waals surface area contributed by atoms with Gasteiger partial charge in [-0.05, 0) is 70.6 Å². The molecule has 1 aromatic rings. The number of phenolic OH excluding ortho intramolecular Hbond substituents is 1. The second-order valence-corrected chi connectivity index (χ2v) is 8.71. The van der Waals surface area contributed by atoms with Gasteiger partial charge in [-0.15, -0.1) is 0 Å². The molecule has 2 unspecified atom stereocenters. The minimum absolute atomic E-state index is 0.00654. The third-order valence-corrected chi connectivity index (χ3v) is 6.74. The third-order valence-electron chi connectivity index (χ3n) is 6.74. The van der Waals surface area contributed by atoms with Gasteiger partial charge in [0.05, 0.1) is 0 Å². The number of carbonyl (C=O) groups is 2. The average Bonchev–Trinajstić information content (AvgIpc) is 3.20. The van der Waals surface area contributed by atoms with Crippen LogP contribution in [0.1, 0.15) is 61.3 Å². The highest BCUT2D eigenvalue weighted by atomic mass is 16.5. The zero-order valence-electron chi connectivity index (χ0n) is 16.7. The highest BCUT2D eigenvalue weighted by Crippen LogP contribution is 2.53. The Kier molecular flexibility index (Phi) is 3.95. The molecule has 0 spiro atoms. The average molecular weight is 372 g/mol. The van der Waals surface area contributed by atoms with Crippen LogP contribution >= 0.6 is 0 Å². The van der Waals surface area contributed by atoms with Crippen molar-refractivity contribution in [3.63, 3.8) is 0 Å². The summed E-state index contributed by atoms with van der Waals surface area (Å²) in [5, 5.41) is 13.5. The highest BCUT2D eigenvalue weighted by molar-refractivity contribution is 5.97. The van der Waals surface area contributed by atoms with Crippen molar-refractivity contribution in [1.82, 2.24) is 10.2 Å². The molecule has 146 valence electrons. The number of nitrogens with one attached hydrogen (secondary N) is 1. The first-order valence-electron chi connectivity index (χ1n) is 9.76. The van der Waals surface area contributed by atoms with Crippen LogP contribution in [0.4, 0.5) is 0 Å². The topological polar surface area (TPSA) is 78.9 Å². The van der Waals surface area contributed by atoms with E-state index in [2.05, 4.69) is 5.32 Å². The molecule has 3 atom stereocenters. The molecule has 3 heterocycles. The Morgan fingerprint density at radius 2 is 1.89 bits per heavy atom. The van der Waals surface area contributed by atoms with Crippen LogP contribution in [0.5, 0.6) is 11.5 Å². The number of piperazine rings is 1. The smallest absolute Gasteiger partial charge is 0.245 e. The fourth-order valence-corrected chi connectivity index (χ4v) is 4.99. The van der Waals surface area contributed by atoms with Crippen molar-refractivity contribution in [2.24, 2.45) is 0 Å². The number of rotatable bonds is 2. The summed E-state index contributed by atoms with van der Waals surface area (Å²) in [6, 6.07) is -0.849. The maximum atomic E-state index is 13.0. The molecular formula is C21H28N2O4. The van der Waals surface area contributed by atoms with Gasteiger partial charge in [0.25, 0.3) is 0 Å². The molecule has 1 aromatic carbocycles. The molecule has 2 N–H and O–H groups in total. The molecule has 27 heavy (non-hydrogen) atoms. The minimum Gasteiger partial charge on any atom is -0.507 e. The number of nitrogens with zero attached hydrogens (tertiary/aromatic N) is 1. The van der Waals surface area contributed by atoms with Gasteiger partial charge in [0, 0.05) is 18.0 Å². The van der Waals surface area contributed by atoms with Crippen LogP contribution in [-0.2, 0) is 9.59 Å². The van der Waals surface area contributed by atoms with Crippen LogP contribution in [0.3, 0.4) is 0 Å². The zero-order valence-corrected chi connectivity index (χ0v) is 16.7. The molecule has 2 amide bonds. The normalized spacial score (nSPS) is 28.6. The molecule has 6 heteroatoms. The van der Waals surface area contributed by atoms with E-state index in [0.29, 0.717) is 13.0 Å².